The van der Waals surface area contributed by atoms with Crippen molar-refractivity contribution in [1.82, 2.24) is 0 Å². The lowest BCUT2D eigenvalue weighted by Crippen LogP contribution is -2.15. The Kier molecular flexibility index (Phi) is 0.612. The topological polar surface area (TPSA) is 0 Å². The molecular weight excluding hydrogens is 120 g/mol. The molecule has 0 radical (unpaired) electrons. The van der Waals surface area contributed by atoms with Gasteiger partial charge in [0.05, 0.1) is 0 Å². The summed E-state index contributed by atoms with van der Waals surface area (Å²) < 4.78 is 0. The van der Waals surface area contributed by atoms with E-state index in [2.05, 4.69) is 20.8 Å². The number of hydrogen-bond acceptors (Lipinski definition) is 0. The number of hydrogen-bond donors (Lipinski definition) is 0. The van der Waals surface area contributed by atoms with Crippen LogP contribution < -0.4 is 0 Å². The Balaban J connectivity index is 2.13. The summed E-state index contributed by atoms with van der Waals surface area (Å²) in [5, 5.41) is 0. The lowest BCUT2D eigenvalue weighted by atomic mass is 9.83. The van der Waals surface area contributed by atoms with E-state index in [9.17, 15) is 0 Å². The zero-order chi connectivity index (χ0) is 7.15. The van der Waals surface area contributed by atoms with Crippen molar-refractivity contribution in [2.75, 3.05) is 0 Å². The smallest absolute Gasteiger partial charge is 0.0255 e. The first-order chi connectivity index (χ1) is 4.57. The molecule has 0 aromatic carbocycles. The van der Waals surface area contributed by atoms with E-state index in [0.29, 0.717) is 0 Å². The second-order valence-corrected chi connectivity index (χ2v) is 5.55. The van der Waals surface area contributed by atoms with E-state index in [1.807, 2.05) is 0 Å². The largest absolute Gasteiger partial charge is 0.0593 e. The van der Waals surface area contributed by atoms with Crippen LogP contribution in [0.3, 0.4) is 0 Å². The maximum absolute atomic E-state index is 2.51. The molecule has 4 fully saturated rings. The molecule has 0 heteroatoms. The first kappa shape index (κ1) is 5.62. The van der Waals surface area contributed by atoms with Crippen LogP contribution in [0.2, 0.25) is 0 Å². The first-order valence-electron chi connectivity index (χ1n) is 4.57. The van der Waals surface area contributed by atoms with Gasteiger partial charge in [0, 0.05) is 0 Å². The molecule has 10 heavy (non-hydrogen) atoms. The van der Waals surface area contributed by atoms with Crippen LogP contribution in [-0.4, -0.2) is 0 Å². The van der Waals surface area contributed by atoms with Crippen LogP contribution in [-0.2, 0) is 0 Å². The van der Waals surface area contributed by atoms with Crippen LogP contribution in [0.4, 0.5) is 0 Å². The lowest BCUT2D eigenvalue weighted by molar-refractivity contribution is 0.269. The van der Waals surface area contributed by atoms with Crippen LogP contribution >= 0.6 is 0 Å². The van der Waals surface area contributed by atoms with Gasteiger partial charge in [-0.2, -0.15) is 0 Å². The van der Waals surface area contributed by atoms with Crippen LogP contribution in [0.1, 0.15) is 33.6 Å². The third-order valence-corrected chi connectivity index (χ3v) is 4.93. The Hall–Kier alpha value is 0. The fourth-order valence-corrected chi connectivity index (χ4v) is 4.45. The van der Waals surface area contributed by atoms with Crippen LogP contribution in [0, 0.1) is 28.6 Å². The highest BCUT2D eigenvalue weighted by Gasteiger charge is 2.78. The zero-order valence-corrected chi connectivity index (χ0v) is 7.15. The Labute approximate surface area is 63.0 Å². The van der Waals surface area contributed by atoms with E-state index < -0.39 is 0 Å². The SMILES string of the molecule is CC1(C)C2C3C[C@@H]1C[C@]32C. The summed E-state index contributed by atoms with van der Waals surface area (Å²) in [6, 6.07) is 0. The predicted molar refractivity (Wildman–Crippen MR) is 41.6 cm³/mol. The van der Waals surface area contributed by atoms with Crippen molar-refractivity contribution >= 4 is 0 Å². The number of rotatable bonds is 0. The van der Waals surface area contributed by atoms with Gasteiger partial charge in [-0.25, -0.2) is 0 Å². The van der Waals surface area contributed by atoms with E-state index in [4.69, 9.17) is 0 Å². The fourth-order valence-electron chi connectivity index (χ4n) is 4.45. The maximum Gasteiger partial charge on any atom is -0.0255 e. The molecule has 0 spiro atoms. The average Bonchev–Trinajstić information content (AvgIpc) is 2.16. The van der Waals surface area contributed by atoms with Crippen LogP contribution in [0.5, 0.6) is 0 Å². The Morgan fingerprint density at radius 1 is 1.20 bits per heavy atom. The standard InChI is InChI=1S/C10H16/c1-9(2)6-4-7-8(9)10(7,3)5-6/h6-8H,4-5H2,1-3H3/t6-,7?,8?,10-/m1/s1. The predicted octanol–water partition coefficient (Wildman–Crippen LogP) is 2.69. The Bertz CT molecular complexity index is 204. The van der Waals surface area contributed by atoms with Gasteiger partial charge in [0.25, 0.3) is 0 Å². The third-order valence-electron chi connectivity index (χ3n) is 4.93. The molecule has 4 rings (SSSR count). The summed E-state index contributed by atoms with van der Waals surface area (Å²) in [5.41, 5.74) is 1.55. The molecule has 4 aliphatic rings. The molecule has 0 aromatic heterocycles. The van der Waals surface area contributed by atoms with Gasteiger partial charge >= 0.3 is 0 Å². The fraction of sp³-hybridized carbons (Fsp3) is 1.00. The van der Waals surface area contributed by atoms with Crippen LogP contribution in [0.25, 0.3) is 0 Å². The molecule has 0 aromatic rings. The monoisotopic (exact) mass is 136 g/mol. The molecule has 0 saturated heterocycles. The summed E-state index contributed by atoms with van der Waals surface area (Å²) in [7, 11) is 0. The molecule has 56 valence electrons. The molecule has 0 heterocycles. The van der Waals surface area contributed by atoms with Crippen molar-refractivity contribution in [2.24, 2.45) is 28.6 Å². The Morgan fingerprint density at radius 2 is 1.90 bits per heavy atom. The molecule has 4 saturated carbocycles. The van der Waals surface area contributed by atoms with Gasteiger partial charge in [0.15, 0.2) is 0 Å². The van der Waals surface area contributed by atoms with Gasteiger partial charge < -0.3 is 0 Å². The van der Waals surface area contributed by atoms with E-state index in [-0.39, 0.29) is 0 Å². The Morgan fingerprint density at radius 3 is 2.00 bits per heavy atom. The summed E-state index contributed by atoms with van der Waals surface area (Å²) in [4.78, 5) is 0. The van der Waals surface area contributed by atoms with Crippen LogP contribution in [0.15, 0.2) is 0 Å². The van der Waals surface area contributed by atoms with Crippen molar-refractivity contribution < 1.29 is 0 Å². The molecular formula is C10H16. The first-order valence-corrected chi connectivity index (χ1v) is 4.57. The highest BCUT2D eigenvalue weighted by Crippen LogP contribution is 2.85. The van der Waals surface area contributed by atoms with E-state index in [1.165, 1.54) is 0 Å². The minimum absolute atomic E-state index is 0.722. The minimum atomic E-state index is 0.722. The highest BCUT2D eigenvalue weighted by atomic mass is 14.8. The van der Waals surface area contributed by atoms with Gasteiger partial charge in [-0.15, -0.1) is 0 Å². The van der Waals surface area contributed by atoms with Crippen molar-refractivity contribution in [3.8, 4) is 0 Å². The average molecular weight is 136 g/mol. The van der Waals surface area contributed by atoms with Gasteiger partial charge in [-0.3, -0.25) is 0 Å². The van der Waals surface area contributed by atoms with Crippen molar-refractivity contribution in [3.05, 3.63) is 0 Å². The molecule has 0 aliphatic heterocycles. The summed E-state index contributed by atoms with van der Waals surface area (Å²) in [6.45, 7) is 7.48. The maximum atomic E-state index is 2.51. The molecule has 0 N–H and O–H groups in total. The van der Waals surface area contributed by atoms with E-state index in [1.54, 1.807) is 12.8 Å². The molecule has 4 bridgehead atoms. The zero-order valence-electron chi connectivity index (χ0n) is 7.15. The molecule has 0 nitrogen and oxygen atoms in total. The summed E-state index contributed by atoms with van der Waals surface area (Å²) in [5.74, 6) is 3.35. The van der Waals surface area contributed by atoms with Gasteiger partial charge in [0.2, 0.25) is 0 Å². The van der Waals surface area contributed by atoms with E-state index in [0.717, 1.165) is 28.6 Å². The molecule has 2 unspecified atom stereocenters. The summed E-state index contributed by atoms with van der Waals surface area (Å²) >= 11 is 0. The quantitative estimate of drug-likeness (QED) is 0.480. The van der Waals surface area contributed by atoms with Crippen molar-refractivity contribution in [2.45, 2.75) is 33.6 Å². The molecule has 4 atom stereocenters. The molecule has 4 aliphatic carbocycles. The van der Waals surface area contributed by atoms with E-state index >= 15 is 0 Å². The van der Waals surface area contributed by atoms with Crippen molar-refractivity contribution in [3.63, 3.8) is 0 Å². The second-order valence-electron chi connectivity index (χ2n) is 5.55. The van der Waals surface area contributed by atoms with Gasteiger partial charge in [0.1, 0.15) is 0 Å². The lowest BCUT2D eigenvalue weighted by Gasteiger charge is -2.22. The minimum Gasteiger partial charge on any atom is -0.0593 e. The molecule has 0 amide bonds. The van der Waals surface area contributed by atoms with Gasteiger partial charge in [-0.05, 0) is 41.4 Å². The summed E-state index contributed by atoms with van der Waals surface area (Å²) in [6.07, 6.45) is 3.11. The second kappa shape index (κ2) is 1.09. The van der Waals surface area contributed by atoms with Crippen molar-refractivity contribution in [1.29, 1.82) is 0 Å². The third kappa shape index (κ3) is 0.320. The van der Waals surface area contributed by atoms with Gasteiger partial charge in [-0.1, -0.05) is 20.8 Å². The highest BCUT2D eigenvalue weighted by molar-refractivity contribution is 5.26. The normalized spacial score (nSPS) is 66.9.